The lowest BCUT2D eigenvalue weighted by atomic mass is 10.1. The Balaban J connectivity index is 1.63. The van der Waals surface area contributed by atoms with Crippen molar-refractivity contribution in [1.29, 1.82) is 5.26 Å². The van der Waals surface area contributed by atoms with Gasteiger partial charge in [0, 0.05) is 6.42 Å². The molecule has 0 saturated carbocycles. The molecule has 0 unspecified atom stereocenters. The monoisotopic (exact) mass is 492 g/mol. The average molecular weight is 493 g/mol. The molecule has 182 valence electrons. The highest BCUT2D eigenvalue weighted by Crippen LogP contribution is 2.29. The van der Waals surface area contributed by atoms with Gasteiger partial charge in [-0.3, -0.25) is 10.1 Å². The van der Waals surface area contributed by atoms with Crippen LogP contribution in [-0.4, -0.2) is 35.9 Å². The van der Waals surface area contributed by atoms with Crippen molar-refractivity contribution >= 4 is 28.5 Å². The molecule has 0 fully saturated rings. The topological polar surface area (TPSA) is 106 Å². The normalized spacial score (nSPS) is 10.9. The van der Waals surface area contributed by atoms with Gasteiger partial charge in [0.2, 0.25) is 5.13 Å². The Kier molecular flexibility index (Phi) is 10.1. The third-order valence-corrected chi connectivity index (χ3v) is 5.63. The van der Waals surface area contributed by atoms with E-state index in [2.05, 4.69) is 22.4 Å². The number of nitrogens with zero attached hydrogens (tertiary/aromatic N) is 3. The van der Waals surface area contributed by atoms with Crippen LogP contribution in [-0.2, 0) is 11.2 Å². The predicted octanol–water partition coefficient (Wildman–Crippen LogP) is 5.28. The summed E-state index contributed by atoms with van der Waals surface area (Å²) in [7, 11) is 0. The first-order valence-corrected chi connectivity index (χ1v) is 12.3. The standard InChI is InChI=1S/C26H28N4O4S/c1-3-5-11-24-29-30-26(35-24)28-25(31)20(18-27)16-19-12-13-22(23(17-19)32-4-2)34-15-14-33-21-9-7-6-8-10-21/h6-10,12-13,16-17H,3-5,11,14-15H2,1-2H3,(H,28,30,31)/b20-16-. The zero-order chi connectivity index (χ0) is 24.9. The van der Waals surface area contributed by atoms with E-state index in [1.165, 1.54) is 17.4 Å². The highest BCUT2D eigenvalue weighted by molar-refractivity contribution is 7.15. The maximum atomic E-state index is 12.6. The van der Waals surface area contributed by atoms with Gasteiger partial charge in [0.1, 0.15) is 35.6 Å². The van der Waals surface area contributed by atoms with Crippen LogP contribution in [0.1, 0.15) is 37.3 Å². The van der Waals surface area contributed by atoms with Crippen LogP contribution in [0, 0.1) is 11.3 Å². The quantitative estimate of drug-likeness (QED) is 0.196. The maximum Gasteiger partial charge on any atom is 0.268 e. The van der Waals surface area contributed by atoms with Crippen LogP contribution in [0.5, 0.6) is 17.2 Å². The summed E-state index contributed by atoms with van der Waals surface area (Å²) >= 11 is 1.32. The van der Waals surface area contributed by atoms with Crippen LogP contribution < -0.4 is 19.5 Å². The van der Waals surface area contributed by atoms with E-state index >= 15 is 0 Å². The minimum Gasteiger partial charge on any atom is -0.490 e. The van der Waals surface area contributed by atoms with E-state index in [1.807, 2.05) is 43.3 Å². The lowest BCUT2D eigenvalue weighted by Gasteiger charge is -2.13. The summed E-state index contributed by atoms with van der Waals surface area (Å²) < 4.78 is 17.2. The van der Waals surface area contributed by atoms with E-state index in [-0.39, 0.29) is 5.57 Å². The molecular weight excluding hydrogens is 464 g/mol. The van der Waals surface area contributed by atoms with Crippen molar-refractivity contribution < 1.29 is 19.0 Å². The number of anilines is 1. The molecular formula is C26H28N4O4S. The van der Waals surface area contributed by atoms with Gasteiger partial charge < -0.3 is 14.2 Å². The van der Waals surface area contributed by atoms with Crippen molar-refractivity contribution in [3.8, 4) is 23.3 Å². The fourth-order valence-electron chi connectivity index (χ4n) is 3.04. The number of hydrogen-bond acceptors (Lipinski definition) is 8. The average Bonchev–Trinajstić information content (AvgIpc) is 3.32. The molecule has 0 radical (unpaired) electrons. The molecule has 1 N–H and O–H groups in total. The molecule has 0 saturated heterocycles. The van der Waals surface area contributed by atoms with Crippen LogP contribution in [0.4, 0.5) is 5.13 Å². The number of nitriles is 1. The fourth-order valence-corrected chi connectivity index (χ4v) is 3.82. The molecule has 0 aliphatic rings. The number of rotatable bonds is 13. The first-order valence-electron chi connectivity index (χ1n) is 11.5. The number of hydrogen-bond donors (Lipinski definition) is 1. The van der Waals surface area contributed by atoms with Crippen LogP contribution in [0.25, 0.3) is 6.08 Å². The van der Waals surface area contributed by atoms with E-state index in [0.29, 0.717) is 42.0 Å². The van der Waals surface area contributed by atoms with Gasteiger partial charge in [0.25, 0.3) is 5.91 Å². The minimum absolute atomic E-state index is 0.0531. The van der Waals surface area contributed by atoms with Gasteiger partial charge in [-0.15, -0.1) is 10.2 Å². The number of nitrogens with one attached hydrogen (secondary N) is 1. The third kappa shape index (κ3) is 8.12. The molecule has 9 heteroatoms. The Morgan fingerprint density at radius 2 is 1.86 bits per heavy atom. The van der Waals surface area contributed by atoms with Crippen molar-refractivity contribution in [3.63, 3.8) is 0 Å². The van der Waals surface area contributed by atoms with Gasteiger partial charge in [0.15, 0.2) is 11.5 Å². The number of aryl methyl sites for hydroxylation is 1. The van der Waals surface area contributed by atoms with Crippen molar-refractivity contribution in [2.45, 2.75) is 33.1 Å². The molecule has 2 aromatic carbocycles. The molecule has 1 heterocycles. The maximum absolute atomic E-state index is 12.6. The summed E-state index contributed by atoms with van der Waals surface area (Å²) in [6.07, 6.45) is 4.38. The largest absolute Gasteiger partial charge is 0.490 e. The SMILES string of the molecule is CCCCc1nnc(NC(=O)/C(C#N)=C\c2ccc(OCCOc3ccccc3)c(OCC)c2)s1. The number of aromatic nitrogens is 2. The van der Waals surface area contributed by atoms with Crippen molar-refractivity contribution in [2.75, 3.05) is 25.1 Å². The number of ether oxygens (including phenoxy) is 3. The van der Waals surface area contributed by atoms with Crippen LogP contribution >= 0.6 is 11.3 Å². The second-order valence-electron chi connectivity index (χ2n) is 7.38. The van der Waals surface area contributed by atoms with Gasteiger partial charge in [-0.2, -0.15) is 5.26 Å². The van der Waals surface area contributed by atoms with Gasteiger partial charge >= 0.3 is 0 Å². The molecule has 0 aliphatic heterocycles. The summed E-state index contributed by atoms with van der Waals surface area (Å²) in [5, 5.41) is 21.5. The second-order valence-corrected chi connectivity index (χ2v) is 8.44. The van der Waals surface area contributed by atoms with Crippen molar-refractivity contribution in [1.82, 2.24) is 10.2 Å². The number of para-hydroxylation sites is 1. The summed E-state index contributed by atoms with van der Waals surface area (Å²) in [5.74, 6) is 1.30. The van der Waals surface area contributed by atoms with Crippen LogP contribution in [0.3, 0.4) is 0 Å². The number of carbonyl (C=O) groups excluding carboxylic acids is 1. The number of benzene rings is 2. The molecule has 0 spiro atoms. The molecule has 3 rings (SSSR count). The summed E-state index contributed by atoms with van der Waals surface area (Å²) in [6.45, 7) is 5.12. The Labute approximate surface area is 209 Å². The Bertz CT molecular complexity index is 1170. The van der Waals surface area contributed by atoms with E-state index in [9.17, 15) is 10.1 Å². The summed E-state index contributed by atoms with van der Waals surface area (Å²) in [5.41, 5.74) is 0.580. The molecule has 3 aromatic rings. The molecule has 35 heavy (non-hydrogen) atoms. The molecule has 8 nitrogen and oxygen atoms in total. The van der Waals surface area contributed by atoms with Crippen LogP contribution in [0.2, 0.25) is 0 Å². The predicted molar refractivity (Wildman–Crippen MR) is 136 cm³/mol. The third-order valence-electron chi connectivity index (χ3n) is 4.73. The first-order chi connectivity index (χ1) is 17.1. The Hall–Kier alpha value is -3.90. The fraction of sp³-hybridized carbons (Fsp3) is 0.308. The second kappa shape index (κ2) is 13.7. The Morgan fingerprint density at radius 1 is 1.06 bits per heavy atom. The lowest BCUT2D eigenvalue weighted by molar-refractivity contribution is -0.112. The molecule has 1 amide bonds. The van der Waals surface area contributed by atoms with E-state index < -0.39 is 5.91 Å². The summed E-state index contributed by atoms with van der Waals surface area (Å²) in [4.78, 5) is 12.6. The smallest absolute Gasteiger partial charge is 0.268 e. The molecule has 0 aliphatic carbocycles. The van der Waals surface area contributed by atoms with Gasteiger partial charge in [0.05, 0.1) is 6.61 Å². The van der Waals surface area contributed by atoms with E-state index in [1.54, 1.807) is 18.2 Å². The van der Waals surface area contributed by atoms with Crippen LogP contribution in [0.15, 0.2) is 54.1 Å². The zero-order valence-corrected chi connectivity index (χ0v) is 20.6. The lowest BCUT2D eigenvalue weighted by Crippen LogP contribution is -2.13. The molecule has 1 aromatic heterocycles. The van der Waals surface area contributed by atoms with Gasteiger partial charge in [-0.1, -0.05) is 48.9 Å². The minimum atomic E-state index is -0.540. The Morgan fingerprint density at radius 3 is 2.60 bits per heavy atom. The van der Waals surface area contributed by atoms with E-state index in [4.69, 9.17) is 14.2 Å². The number of carbonyl (C=O) groups is 1. The zero-order valence-electron chi connectivity index (χ0n) is 19.8. The highest BCUT2D eigenvalue weighted by Gasteiger charge is 2.14. The molecule has 0 bridgehead atoms. The van der Waals surface area contributed by atoms with Crippen molar-refractivity contribution in [3.05, 3.63) is 64.7 Å². The number of amides is 1. The van der Waals surface area contributed by atoms with Gasteiger partial charge in [-0.05, 0) is 49.2 Å². The van der Waals surface area contributed by atoms with Crippen molar-refractivity contribution in [2.24, 2.45) is 0 Å². The molecule has 0 atom stereocenters. The van der Waals surface area contributed by atoms with E-state index in [0.717, 1.165) is 30.0 Å². The summed E-state index contributed by atoms with van der Waals surface area (Å²) in [6, 6.07) is 16.7. The first kappa shape index (κ1) is 25.7. The number of unbranched alkanes of at least 4 members (excludes halogenated alkanes) is 1. The van der Waals surface area contributed by atoms with Gasteiger partial charge in [-0.25, -0.2) is 0 Å². The highest BCUT2D eigenvalue weighted by atomic mass is 32.1.